The van der Waals surface area contributed by atoms with Crippen molar-refractivity contribution >= 4 is 28.8 Å². The van der Waals surface area contributed by atoms with Crippen molar-refractivity contribution in [2.24, 2.45) is 0 Å². The van der Waals surface area contributed by atoms with Crippen LogP contribution in [-0.2, 0) is 11.2 Å². The van der Waals surface area contributed by atoms with Crippen LogP contribution in [0.25, 0.3) is 10.9 Å². The summed E-state index contributed by atoms with van der Waals surface area (Å²) >= 11 is 0. The van der Waals surface area contributed by atoms with Crippen molar-refractivity contribution in [1.29, 1.82) is 0 Å². The number of hydrogen-bond acceptors (Lipinski definition) is 2. The fraction of sp³-hybridized carbons (Fsp3) is 0.238. The summed E-state index contributed by atoms with van der Waals surface area (Å²) in [5.74, 6) is -0.0952. The first-order valence-electron chi connectivity index (χ1n) is 8.51. The third-order valence-corrected chi connectivity index (χ3v) is 4.68. The van der Waals surface area contributed by atoms with Gasteiger partial charge in [-0.2, -0.15) is 0 Å². The molecule has 1 amide bonds. The second kappa shape index (κ2) is 6.93. The van der Waals surface area contributed by atoms with E-state index in [1.54, 1.807) is 6.20 Å². The van der Waals surface area contributed by atoms with Crippen LogP contribution in [0, 0.1) is 6.92 Å². The number of rotatable bonds is 5. The Morgan fingerprint density at radius 2 is 1.96 bits per heavy atom. The van der Waals surface area contributed by atoms with Gasteiger partial charge in [0, 0.05) is 28.4 Å². The van der Waals surface area contributed by atoms with E-state index in [0.717, 1.165) is 40.4 Å². The molecular weight excluding hydrogens is 312 g/mol. The van der Waals surface area contributed by atoms with E-state index >= 15 is 0 Å². The molecule has 3 rings (SSSR count). The molecule has 0 radical (unpaired) electrons. The van der Waals surface area contributed by atoms with Crippen molar-refractivity contribution in [2.75, 3.05) is 5.32 Å². The fourth-order valence-electron chi connectivity index (χ4n) is 3.20. The molecule has 0 aliphatic carbocycles. The summed E-state index contributed by atoms with van der Waals surface area (Å²) in [7, 11) is 0. The van der Waals surface area contributed by atoms with Gasteiger partial charge in [0.15, 0.2) is 6.29 Å². The van der Waals surface area contributed by atoms with Gasteiger partial charge in [-0.1, -0.05) is 43.3 Å². The molecule has 128 valence electrons. The molecule has 0 bridgehead atoms. The summed E-state index contributed by atoms with van der Waals surface area (Å²) in [6.07, 6.45) is 3.44. The van der Waals surface area contributed by atoms with E-state index in [2.05, 4.69) is 12.2 Å². The van der Waals surface area contributed by atoms with Crippen LogP contribution in [0.3, 0.4) is 0 Å². The number of anilines is 1. The fourth-order valence-corrected chi connectivity index (χ4v) is 3.20. The topological polar surface area (TPSA) is 51.1 Å². The lowest BCUT2D eigenvalue weighted by Gasteiger charge is -2.18. The highest BCUT2D eigenvalue weighted by Crippen LogP contribution is 2.26. The Labute approximate surface area is 147 Å². The van der Waals surface area contributed by atoms with Crippen molar-refractivity contribution in [3.63, 3.8) is 0 Å². The van der Waals surface area contributed by atoms with Crippen LogP contribution >= 0.6 is 0 Å². The molecule has 1 heterocycles. The summed E-state index contributed by atoms with van der Waals surface area (Å²) in [5, 5.41) is 3.94. The minimum atomic E-state index is -0.428. The maximum atomic E-state index is 12.9. The Morgan fingerprint density at radius 1 is 1.20 bits per heavy atom. The number of nitrogens with one attached hydrogen (secondary N) is 1. The molecule has 0 spiro atoms. The second-order valence-corrected chi connectivity index (χ2v) is 6.25. The van der Waals surface area contributed by atoms with Gasteiger partial charge in [0.1, 0.15) is 6.04 Å². The van der Waals surface area contributed by atoms with Gasteiger partial charge in [-0.3, -0.25) is 9.59 Å². The van der Waals surface area contributed by atoms with Crippen LogP contribution in [0.4, 0.5) is 5.69 Å². The molecule has 0 fully saturated rings. The molecule has 25 heavy (non-hydrogen) atoms. The Kier molecular flexibility index (Phi) is 4.70. The summed E-state index contributed by atoms with van der Waals surface area (Å²) < 4.78 is 1.86. The minimum Gasteiger partial charge on any atom is -0.335 e. The first-order chi connectivity index (χ1) is 12.1. The number of aromatic nitrogens is 1. The Balaban J connectivity index is 1.96. The molecule has 2 aromatic carbocycles. The van der Waals surface area contributed by atoms with E-state index < -0.39 is 6.04 Å². The zero-order chi connectivity index (χ0) is 18.0. The first-order valence-corrected chi connectivity index (χ1v) is 8.51. The largest absolute Gasteiger partial charge is 0.335 e. The number of benzene rings is 2. The highest BCUT2D eigenvalue weighted by Gasteiger charge is 2.20. The van der Waals surface area contributed by atoms with E-state index in [4.69, 9.17) is 0 Å². The van der Waals surface area contributed by atoms with Crippen molar-refractivity contribution in [2.45, 2.75) is 33.2 Å². The second-order valence-electron chi connectivity index (χ2n) is 6.25. The smallest absolute Gasteiger partial charge is 0.247 e. The molecule has 4 nitrogen and oxygen atoms in total. The number of hydrogen-bond donors (Lipinski definition) is 1. The minimum absolute atomic E-state index is 0.0952. The third kappa shape index (κ3) is 3.07. The highest BCUT2D eigenvalue weighted by atomic mass is 16.2. The van der Waals surface area contributed by atoms with E-state index in [-0.39, 0.29) is 5.91 Å². The van der Waals surface area contributed by atoms with Gasteiger partial charge in [0.2, 0.25) is 5.91 Å². The van der Waals surface area contributed by atoms with E-state index in [1.165, 1.54) is 0 Å². The molecule has 1 unspecified atom stereocenters. The monoisotopic (exact) mass is 334 g/mol. The lowest BCUT2D eigenvalue weighted by Crippen LogP contribution is -2.24. The maximum Gasteiger partial charge on any atom is 0.247 e. The molecule has 1 atom stereocenters. The van der Waals surface area contributed by atoms with Crippen molar-refractivity contribution in [3.8, 4) is 0 Å². The molecular formula is C21H22N2O2. The number of nitrogens with zero attached hydrogens (tertiary/aromatic N) is 1. The van der Waals surface area contributed by atoms with Crippen LogP contribution in [0.5, 0.6) is 0 Å². The van der Waals surface area contributed by atoms with Crippen molar-refractivity contribution < 1.29 is 9.59 Å². The van der Waals surface area contributed by atoms with E-state index in [9.17, 15) is 9.59 Å². The average molecular weight is 334 g/mol. The number of carbonyl (C=O) groups excluding carboxylic acids is 2. The van der Waals surface area contributed by atoms with Crippen LogP contribution in [0.1, 0.15) is 41.4 Å². The number of carbonyl (C=O) groups is 2. The van der Waals surface area contributed by atoms with Crippen molar-refractivity contribution in [3.05, 3.63) is 65.4 Å². The molecule has 3 aromatic rings. The molecule has 0 saturated carbocycles. The summed E-state index contributed by atoms with van der Waals surface area (Å²) in [6, 6.07) is 13.2. The summed E-state index contributed by atoms with van der Waals surface area (Å²) in [6.45, 7) is 5.92. The van der Waals surface area contributed by atoms with Gasteiger partial charge >= 0.3 is 0 Å². The van der Waals surface area contributed by atoms with Gasteiger partial charge < -0.3 is 9.88 Å². The predicted molar refractivity (Wildman–Crippen MR) is 101 cm³/mol. The molecule has 0 aliphatic heterocycles. The van der Waals surface area contributed by atoms with Crippen LogP contribution in [-0.4, -0.2) is 16.8 Å². The molecule has 0 aliphatic rings. The lowest BCUT2D eigenvalue weighted by atomic mass is 10.1. The summed E-state index contributed by atoms with van der Waals surface area (Å²) in [4.78, 5) is 24.2. The average Bonchev–Trinajstić information content (AvgIpc) is 3.01. The Morgan fingerprint density at radius 3 is 2.68 bits per heavy atom. The van der Waals surface area contributed by atoms with Gasteiger partial charge in [-0.05, 0) is 37.5 Å². The van der Waals surface area contributed by atoms with E-state index in [0.29, 0.717) is 5.56 Å². The zero-order valence-electron chi connectivity index (χ0n) is 14.7. The standard InChI is InChI=1S/C21H22N2O2/c1-4-16-9-7-8-14(2)20(16)22-21(25)15(3)23-12-17(13-24)18-10-5-6-11-19(18)23/h5-13,15H,4H2,1-3H3,(H,22,25). The van der Waals surface area contributed by atoms with Crippen LogP contribution < -0.4 is 5.32 Å². The van der Waals surface area contributed by atoms with Gasteiger partial charge in [0.25, 0.3) is 0 Å². The number of fused-ring (bicyclic) bond motifs is 1. The first kappa shape index (κ1) is 17.0. The third-order valence-electron chi connectivity index (χ3n) is 4.68. The molecule has 1 N–H and O–H groups in total. The maximum absolute atomic E-state index is 12.9. The quantitative estimate of drug-likeness (QED) is 0.697. The summed E-state index contributed by atoms with van der Waals surface area (Å²) in [5.41, 5.74) is 4.53. The molecule has 0 saturated heterocycles. The van der Waals surface area contributed by atoms with Crippen LogP contribution in [0.15, 0.2) is 48.7 Å². The molecule has 1 aromatic heterocycles. The normalized spacial score (nSPS) is 12.1. The number of para-hydroxylation sites is 2. The van der Waals surface area contributed by atoms with Gasteiger partial charge in [-0.15, -0.1) is 0 Å². The SMILES string of the molecule is CCc1cccc(C)c1NC(=O)C(C)n1cc(C=O)c2ccccc21. The number of aldehydes is 1. The van der Waals surface area contributed by atoms with Gasteiger partial charge in [0.05, 0.1) is 0 Å². The number of amides is 1. The van der Waals surface area contributed by atoms with Crippen molar-refractivity contribution in [1.82, 2.24) is 4.57 Å². The highest BCUT2D eigenvalue weighted by molar-refractivity contribution is 6.00. The van der Waals surface area contributed by atoms with Crippen LogP contribution in [0.2, 0.25) is 0 Å². The Hall–Kier alpha value is -2.88. The van der Waals surface area contributed by atoms with E-state index in [1.807, 2.05) is 60.9 Å². The van der Waals surface area contributed by atoms with Gasteiger partial charge in [-0.25, -0.2) is 0 Å². The predicted octanol–water partition coefficient (Wildman–Crippen LogP) is 4.52. The zero-order valence-corrected chi connectivity index (χ0v) is 14.7. The Bertz CT molecular complexity index is 940. The lowest BCUT2D eigenvalue weighted by molar-refractivity contribution is -0.118. The molecule has 4 heteroatoms. The number of aryl methyl sites for hydroxylation is 2.